The second-order valence-corrected chi connectivity index (χ2v) is 4.51. The van der Waals surface area contributed by atoms with Crippen LogP contribution in [-0.2, 0) is 4.74 Å². The lowest BCUT2D eigenvalue weighted by molar-refractivity contribution is -0.0127. The van der Waals surface area contributed by atoms with E-state index in [2.05, 4.69) is 4.90 Å². The molecule has 4 heteroatoms. The molecule has 0 amide bonds. The van der Waals surface area contributed by atoms with Crippen molar-refractivity contribution in [1.29, 1.82) is 0 Å². The lowest BCUT2D eigenvalue weighted by atomic mass is 10.2. The summed E-state index contributed by atoms with van der Waals surface area (Å²) in [5.74, 6) is 0. The fourth-order valence-electron chi connectivity index (χ4n) is 1.97. The second-order valence-electron chi connectivity index (χ2n) is 4.51. The van der Waals surface area contributed by atoms with E-state index in [0.29, 0.717) is 13.2 Å². The minimum Gasteiger partial charge on any atom is -0.395 e. The molecule has 0 aromatic carbocycles. The summed E-state index contributed by atoms with van der Waals surface area (Å²) in [5, 5.41) is 18.8. The first-order valence-electron chi connectivity index (χ1n) is 5.78. The average molecular weight is 217 g/mol. The number of aliphatic hydroxyl groups excluding tert-OH is 2. The number of hydrogen-bond acceptors (Lipinski definition) is 4. The first-order valence-corrected chi connectivity index (χ1v) is 5.78. The fraction of sp³-hybridized carbons (Fsp3) is 1.00. The lowest BCUT2D eigenvalue weighted by Gasteiger charge is -2.25. The second kappa shape index (κ2) is 6.43. The summed E-state index contributed by atoms with van der Waals surface area (Å²) in [6, 6.07) is 0.235. The van der Waals surface area contributed by atoms with Crippen molar-refractivity contribution < 1.29 is 14.9 Å². The first kappa shape index (κ1) is 12.9. The van der Waals surface area contributed by atoms with E-state index < -0.39 is 6.10 Å². The highest BCUT2D eigenvalue weighted by atomic mass is 16.5. The van der Waals surface area contributed by atoms with Gasteiger partial charge in [-0.15, -0.1) is 0 Å². The molecule has 2 N–H and O–H groups in total. The van der Waals surface area contributed by atoms with Crippen molar-refractivity contribution in [2.24, 2.45) is 0 Å². The Bertz CT molecular complexity index is 175. The van der Waals surface area contributed by atoms with Gasteiger partial charge in [-0.1, -0.05) is 0 Å². The summed E-state index contributed by atoms with van der Waals surface area (Å²) in [6.45, 7) is 6.07. The predicted octanol–water partition coefficient (Wildman–Crippen LogP) is 0.229. The summed E-state index contributed by atoms with van der Waals surface area (Å²) < 4.78 is 5.34. The molecular formula is C11H23NO3. The quantitative estimate of drug-likeness (QED) is 0.669. The smallest absolute Gasteiger partial charge is 0.0900 e. The fourth-order valence-corrected chi connectivity index (χ4v) is 1.97. The van der Waals surface area contributed by atoms with Gasteiger partial charge < -0.3 is 14.9 Å². The Balaban J connectivity index is 2.21. The minimum absolute atomic E-state index is 0.159. The van der Waals surface area contributed by atoms with E-state index in [1.807, 2.05) is 13.8 Å². The molecule has 2 atom stereocenters. The maximum absolute atomic E-state index is 9.72. The van der Waals surface area contributed by atoms with Crippen LogP contribution in [0.4, 0.5) is 0 Å². The van der Waals surface area contributed by atoms with Gasteiger partial charge in [0.15, 0.2) is 0 Å². The van der Waals surface area contributed by atoms with Crippen LogP contribution in [0.2, 0.25) is 0 Å². The molecule has 1 rings (SSSR count). The number of nitrogens with zero attached hydrogens (tertiary/aromatic N) is 1. The van der Waals surface area contributed by atoms with Crippen molar-refractivity contribution in [2.45, 2.75) is 44.9 Å². The molecule has 0 spiro atoms. The van der Waals surface area contributed by atoms with E-state index in [1.54, 1.807) is 0 Å². The molecule has 0 aliphatic carbocycles. The number of rotatable bonds is 6. The highest BCUT2D eigenvalue weighted by molar-refractivity contribution is 4.80. The number of ether oxygens (including phenoxy) is 1. The van der Waals surface area contributed by atoms with Gasteiger partial charge in [0.05, 0.1) is 25.4 Å². The van der Waals surface area contributed by atoms with Gasteiger partial charge in [0.2, 0.25) is 0 Å². The zero-order valence-electron chi connectivity index (χ0n) is 9.72. The van der Waals surface area contributed by atoms with Crippen LogP contribution in [0, 0.1) is 0 Å². The van der Waals surface area contributed by atoms with Gasteiger partial charge in [-0.05, 0) is 33.2 Å². The third kappa shape index (κ3) is 4.47. The SMILES string of the molecule is CC(C)OCC(O)CN1CCC[C@H]1CO. The zero-order valence-corrected chi connectivity index (χ0v) is 9.72. The van der Waals surface area contributed by atoms with Gasteiger partial charge in [-0.25, -0.2) is 0 Å². The van der Waals surface area contributed by atoms with Gasteiger partial charge >= 0.3 is 0 Å². The summed E-state index contributed by atoms with van der Waals surface area (Å²) in [6.07, 6.45) is 1.86. The van der Waals surface area contributed by atoms with E-state index in [-0.39, 0.29) is 18.8 Å². The summed E-state index contributed by atoms with van der Waals surface area (Å²) >= 11 is 0. The average Bonchev–Trinajstić information content (AvgIpc) is 2.62. The van der Waals surface area contributed by atoms with Crippen LogP contribution in [0.5, 0.6) is 0 Å². The molecule has 1 aliphatic rings. The number of likely N-dealkylation sites (tertiary alicyclic amines) is 1. The van der Waals surface area contributed by atoms with Gasteiger partial charge in [0.1, 0.15) is 0 Å². The zero-order chi connectivity index (χ0) is 11.3. The maximum atomic E-state index is 9.72. The van der Waals surface area contributed by atoms with Crippen molar-refractivity contribution in [1.82, 2.24) is 4.90 Å². The lowest BCUT2D eigenvalue weighted by Crippen LogP contribution is -2.40. The van der Waals surface area contributed by atoms with Gasteiger partial charge in [-0.3, -0.25) is 4.90 Å². The first-order chi connectivity index (χ1) is 7.13. The normalized spacial score (nSPS) is 25.0. The molecule has 15 heavy (non-hydrogen) atoms. The van der Waals surface area contributed by atoms with Crippen LogP contribution in [0.25, 0.3) is 0 Å². The van der Waals surface area contributed by atoms with Crippen molar-refractivity contribution in [3.8, 4) is 0 Å². The number of hydrogen-bond donors (Lipinski definition) is 2. The number of β-amino-alcohol motifs (C(OH)–C–C–N with tert-alkyl or cyclic N) is 1. The Morgan fingerprint density at radius 3 is 2.80 bits per heavy atom. The highest BCUT2D eigenvalue weighted by Crippen LogP contribution is 2.16. The monoisotopic (exact) mass is 217 g/mol. The van der Waals surface area contributed by atoms with Gasteiger partial charge in [0.25, 0.3) is 0 Å². The van der Waals surface area contributed by atoms with Crippen LogP contribution in [0.1, 0.15) is 26.7 Å². The molecule has 0 bridgehead atoms. The van der Waals surface area contributed by atoms with E-state index in [0.717, 1.165) is 19.4 Å². The van der Waals surface area contributed by atoms with E-state index in [1.165, 1.54) is 0 Å². The molecular weight excluding hydrogens is 194 g/mol. The standard InChI is InChI=1S/C11H23NO3/c1-9(2)15-8-11(14)6-12-5-3-4-10(12)7-13/h9-11,13-14H,3-8H2,1-2H3/t10-,11?/m0/s1. The summed E-state index contributed by atoms with van der Waals surface area (Å²) in [7, 11) is 0. The largest absolute Gasteiger partial charge is 0.395 e. The summed E-state index contributed by atoms with van der Waals surface area (Å²) in [5.41, 5.74) is 0. The van der Waals surface area contributed by atoms with Crippen molar-refractivity contribution in [3.05, 3.63) is 0 Å². The van der Waals surface area contributed by atoms with Crippen LogP contribution >= 0.6 is 0 Å². The highest BCUT2D eigenvalue weighted by Gasteiger charge is 2.25. The third-order valence-corrected chi connectivity index (χ3v) is 2.78. The molecule has 1 aliphatic heterocycles. The molecule has 90 valence electrons. The van der Waals surface area contributed by atoms with Crippen LogP contribution in [-0.4, -0.2) is 59.7 Å². The topological polar surface area (TPSA) is 52.9 Å². The molecule has 1 unspecified atom stereocenters. The number of aliphatic hydroxyl groups is 2. The minimum atomic E-state index is -0.445. The third-order valence-electron chi connectivity index (χ3n) is 2.78. The van der Waals surface area contributed by atoms with Crippen molar-refractivity contribution >= 4 is 0 Å². The van der Waals surface area contributed by atoms with E-state index in [9.17, 15) is 5.11 Å². The predicted molar refractivity (Wildman–Crippen MR) is 58.8 cm³/mol. The Morgan fingerprint density at radius 1 is 1.47 bits per heavy atom. The van der Waals surface area contributed by atoms with E-state index in [4.69, 9.17) is 9.84 Å². The Morgan fingerprint density at radius 2 is 2.20 bits per heavy atom. The Kier molecular flexibility index (Phi) is 5.53. The molecule has 0 radical (unpaired) electrons. The van der Waals surface area contributed by atoms with Crippen molar-refractivity contribution in [3.63, 3.8) is 0 Å². The maximum Gasteiger partial charge on any atom is 0.0900 e. The van der Waals surface area contributed by atoms with Crippen LogP contribution in [0.3, 0.4) is 0 Å². The van der Waals surface area contributed by atoms with Crippen LogP contribution < -0.4 is 0 Å². The summed E-state index contributed by atoms with van der Waals surface area (Å²) in [4.78, 5) is 2.15. The van der Waals surface area contributed by atoms with E-state index >= 15 is 0 Å². The molecule has 1 heterocycles. The molecule has 0 aromatic heterocycles. The molecule has 4 nitrogen and oxygen atoms in total. The molecule has 0 saturated carbocycles. The van der Waals surface area contributed by atoms with Gasteiger partial charge in [-0.2, -0.15) is 0 Å². The van der Waals surface area contributed by atoms with Crippen molar-refractivity contribution in [2.75, 3.05) is 26.3 Å². The Hall–Kier alpha value is -0.160. The molecule has 1 fully saturated rings. The Labute approximate surface area is 91.8 Å². The molecule has 1 saturated heterocycles. The van der Waals surface area contributed by atoms with Gasteiger partial charge in [0, 0.05) is 12.6 Å². The van der Waals surface area contributed by atoms with Crippen LogP contribution in [0.15, 0.2) is 0 Å². The molecule has 0 aromatic rings.